The number of hydrogen-bond donors (Lipinski definition) is 0. The molecule has 2 aromatic carbocycles. The van der Waals surface area contributed by atoms with Crippen molar-refractivity contribution in [2.24, 2.45) is 5.16 Å². The number of piperazine rings is 1. The molecular weight excluding hydrogens is 496 g/mol. The molecule has 34 heavy (non-hydrogen) atoms. The Morgan fingerprint density at radius 3 is 2.71 bits per heavy atom. The van der Waals surface area contributed by atoms with Gasteiger partial charge in [-0.15, -0.1) is 0 Å². The van der Waals surface area contributed by atoms with Gasteiger partial charge < -0.3 is 19.4 Å². The summed E-state index contributed by atoms with van der Waals surface area (Å²) in [5.41, 5.74) is 3.86. The van der Waals surface area contributed by atoms with Gasteiger partial charge in [0, 0.05) is 55.8 Å². The van der Waals surface area contributed by atoms with E-state index in [1.807, 2.05) is 29.2 Å². The monoisotopic (exact) mass is 526 g/mol. The summed E-state index contributed by atoms with van der Waals surface area (Å²) in [5.74, 6) is 0.910. The van der Waals surface area contributed by atoms with Crippen LogP contribution in [-0.2, 0) is 16.1 Å². The Morgan fingerprint density at radius 2 is 1.91 bits per heavy atom. The van der Waals surface area contributed by atoms with Crippen molar-refractivity contribution in [1.82, 2.24) is 4.90 Å². The minimum Gasteiger partial charge on any atom is -0.489 e. The zero-order valence-electron chi connectivity index (χ0n) is 19.7. The van der Waals surface area contributed by atoms with Crippen molar-refractivity contribution in [3.8, 4) is 5.75 Å². The average molecular weight is 527 g/mol. The second kappa shape index (κ2) is 9.96. The first kappa shape index (κ1) is 23.2. The predicted octanol–water partition coefficient (Wildman–Crippen LogP) is 4.09. The van der Waals surface area contributed by atoms with Gasteiger partial charge in [-0.2, -0.15) is 0 Å². The summed E-state index contributed by atoms with van der Waals surface area (Å²) in [6, 6.07) is 14.3. The van der Waals surface area contributed by atoms with Crippen molar-refractivity contribution in [1.29, 1.82) is 0 Å². The zero-order valence-corrected chi connectivity index (χ0v) is 21.3. The summed E-state index contributed by atoms with van der Waals surface area (Å²) in [7, 11) is 0. The Bertz CT molecular complexity index is 1080. The molecule has 8 heteroatoms. The number of oxime groups is 1. The number of carbonyl (C=O) groups is 1. The Morgan fingerprint density at radius 1 is 1.12 bits per heavy atom. The first-order valence-electron chi connectivity index (χ1n) is 12.0. The molecule has 2 aromatic rings. The number of amides is 1. The van der Waals surface area contributed by atoms with Gasteiger partial charge >= 0.3 is 0 Å². The van der Waals surface area contributed by atoms with Gasteiger partial charge in [-0.05, 0) is 56.2 Å². The molecule has 1 unspecified atom stereocenters. The van der Waals surface area contributed by atoms with E-state index in [2.05, 4.69) is 62.9 Å². The standard InChI is InChI=1S/C26H31BrN4O3/c1-18(2)33-25-6-4-3-5-24(25)30-13-11-29(12-14-30)17-21-16-22(28-34-21)26(32)31-10-9-19-15-20(27)7-8-23(19)31/h3-8,15,18,21H,9-14,16-17H2,1-2H3. The summed E-state index contributed by atoms with van der Waals surface area (Å²) in [5, 5.41) is 4.18. The number of rotatable bonds is 6. The van der Waals surface area contributed by atoms with E-state index in [-0.39, 0.29) is 18.1 Å². The normalized spacial score (nSPS) is 20.4. The van der Waals surface area contributed by atoms with Crippen LogP contribution >= 0.6 is 15.9 Å². The van der Waals surface area contributed by atoms with Crippen molar-refractivity contribution in [2.75, 3.05) is 49.1 Å². The lowest BCUT2D eigenvalue weighted by Gasteiger charge is -2.37. The van der Waals surface area contributed by atoms with E-state index < -0.39 is 0 Å². The summed E-state index contributed by atoms with van der Waals surface area (Å²) in [4.78, 5) is 25.4. The van der Waals surface area contributed by atoms with E-state index in [4.69, 9.17) is 9.57 Å². The van der Waals surface area contributed by atoms with Crippen LogP contribution in [0.25, 0.3) is 0 Å². The fourth-order valence-electron chi connectivity index (χ4n) is 4.92. The van der Waals surface area contributed by atoms with E-state index in [0.29, 0.717) is 18.7 Å². The fraction of sp³-hybridized carbons (Fsp3) is 0.462. The van der Waals surface area contributed by atoms with E-state index >= 15 is 0 Å². The van der Waals surface area contributed by atoms with Crippen LogP contribution in [0.2, 0.25) is 0 Å². The third-order valence-electron chi connectivity index (χ3n) is 6.56. The molecule has 0 N–H and O–H groups in total. The number of fused-ring (bicyclic) bond motifs is 1. The highest BCUT2D eigenvalue weighted by Gasteiger charge is 2.34. The number of carbonyl (C=O) groups excluding carboxylic acids is 1. The lowest BCUT2D eigenvalue weighted by atomic mass is 10.1. The van der Waals surface area contributed by atoms with E-state index in [0.717, 1.165) is 60.7 Å². The SMILES string of the molecule is CC(C)Oc1ccccc1N1CCN(CC2CC(C(=O)N3CCc4cc(Br)ccc43)=NO2)CC1. The average Bonchev–Trinajstić information content (AvgIpc) is 3.46. The van der Waals surface area contributed by atoms with Gasteiger partial charge in [0.25, 0.3) is 5.91 Å². The Balaban J connectivity index is 1.13. The van der Waals surface area contributed by atoms with Gasteiger partial charge in [0.15, 0.2) is 0 Å². The minimum atomic E-state index is -0.0750. The largest absolute Gasteiger partial charge is 0.489 e. The second-order valence-corrected chi connectivity index (χ2v) is 10.3. The highest BCUT2D eigenvalue weighted by atomic mass is 79.9. The number of anilines is 2. The van der Waals surface area contributed by atoms with E-state index in [1.54, 1.807) is 0 Å². The van der Waals surface area contributed by atoms with Crippen molar-refractivity contribution in [2.45, 2.75) is 38.9 Å². The highest BCUT2D eigenvalue weighted by molar-refractivity contribution is 9.10. The molecule has 1 saturated heterocycles. The molecule has 3 aliphatic heterocycles. The maximum atomic E-state index is 13.1. The highest BCUT2D eigenvalue weighted by Crippen LogP contribution is 2.32. The van der Waals surface area contributed by atoms with Crippen molar-refractivity contribution in [3.05, 3.63) is 52.5 Å². The van der Waals surface area contributed by atoms with Gasteiger partial charge in [0.05, 0.1) is 11.8 Å². The third kappa shape index (κ3) is 4.93. The fourth-order valence-corrected chi connectivity index (χ4v) is 5.33. The van der Waals surface area contributed by atoms with Crippen LogP contribution in [-0.4, -0.2) is 68.0 Å². The first-order chi connectivity index (χ1) is 16.5. The van der Waals surface area contributed by atoms with Crippen LogP contribution in [0.4, 0.5) is 11.4 Å². The molecule has 0 aromatic heterocycles. The zero-order chi connectivity index (χ0) is 23.7. The van der Waals surface area contributed by atoms with E-state index in [9.17, 15) is 4.79 Å². The molecular formula is C26H31BrN4O3. The van der Waals surface area contributed by atoms with Gasteiger partial charge in [0.1, 0.15) is 17.6 Å². The molecule has 7 nitrogen and oxygen atoms in total. The molecule has 0 saturated carbocycles. The smallest absolute Gasteiger partial charge is 0.276 e. The Labute approximate surface area is 209 Å². The topological polar surface area (TPSA) is 57.6 Å². The van der Waals surface area contributed by atoms with Crippen LogP contribution in [0.3, 0.4) is 0 Å². The molecule has 0 bridgehead atoms. The van der Waals surface area contributed by atoms with Gasteiger partial charge in [0.2, 0.25) is 0 Å². The molecule has 0 aliphatic carbocycles. The summed E-state index contributed by atoms with van der Waals surface area (Å²) >= 11 is 3.51. The summed E-state index contributed by atoms with van der Waals surface area (Å²) < 4.78 is 7.05. The molecule has 0 spiro atoms. The van der Waals surface area contributed by atoms with Crippen molar-refractivity contribution >= 4 is 38.9 Å². The van der Waals surface area contributed by atoms with Crippen LogP contribution < -0.4 is 14.5 Å². The number of nitrogens with zero attached hydrogens (tertiary/aromatic N) is 4. The van der Waals surface area contributed by atoms with Gasteiger partial charge in [-0.1, -0.05) is 33.2 Å². The second-order valence-electron chi connectivity index (χ2n) is 9.37. The van der Waals surface area contributed by atoms with Crippen LogP contribution in [0, 0.1) is 0 Å². The molecule has 1 atom stereocenters. The predicted molar refractivity (Wildman–Crippen MR) is 138 cm³/mol. The van der Waals surface area contributed by atoms with Crippen LogP contribution in [0.5, 0.6) is 5.75 Å². The third-order valence-corrected chi connectivity index (χ3v) is 7.06. The number of benzene rings is 2. The van der Waals surface area contributed by atoms with Crippen LogP contribution in [0.15, 0.2) is 52.1 Å². The van der Waals surface area contributed by atoms with Gasteiger partial charge in [-0.25, -0.2) is 0 Å². The number of para-hydroxylation sites is 2. The lowest BCUT2D eigenvalue weighted by molar-refractivity contribution is -0.112. The maximum absolute atomic E-state index is 13.1. The molecule has 5 rings (SSSR count). The molecule has 0 radical (unpaired) electrons. The van der Waals surface area contributed by atoms with Crippen LogP contribution in [0.1, 0.15) is 25.8 Å². The first-order valence-corrected chi connectivity index (χ1v) is 12.8. The van der Waals surface area contributed by atoms with Gasteiger partial charge in [-0.3, -0.25) is 9.69 Å². The Kier molecular flexibility index (Phi) is 6.79. The number of ether oxygens (including phenoxy) is 1. The maximum Gasteiger partial charge on any atom is 0.276 e. The molecule has 1 fully saturated rings. The minimum absolute atomic E-state index is 0.0323. The number of hydrogen-bond acceptors (Lipinski definition) is 6. The van der Waals surface area contributed by atoms with Crippen molar-refractivity contribution < 1.29 is 14.4 Å². The lowest BCUT2D eigenvalue weighted by Crippen LogP contribution is -2.48. The molecule has 3 heterocycles. The summed E-state index contributed by atoms with van der Waals surface area (Å²) in [6.07, 6.45) is 1.50. The van der Waals surface area contributed by atoms with Crippen molar-refractivity contribution in [3.63, 3.8) is 0 Å². The number of halogens is 1. The van der Waals surface area contributed by atoms with E-state index in [1.165, 1.54) is 5.56 Å². The molecule has 1 amide bonds. The summed E-state index contributed by atoms with van der Waals surface area (Å²) in [6.45, 7) is 9.31. The quantitative estimate of drug-likeness (QED) is 0.567. The molecule has 3 aliphatic rings. The molecule has 180 valence electrons. The Hall–Kier alpha value is -2.58.